The molecule has 0 atom stereocenters. The highest BCUT2D eigenvalue weighted by atomic mass is 35.5. The normalized spacial score (nSPS) is 15.0. The van der Waals surface area contributed by atoms with Gasteiger partial charge in [0.2, 0.25) is 4.77 Å². The van der Waals surface area contributed by atoms with E-state index in [9.17, 15) is 0 Å². The van der Waals surface area contributed by atoms with Crippen LogP contribution in [0.15, 0.2) is 48.5 Å². The van der Waals surface area contributed by atoms with Crippen LogP contribution in [0.25, 0.3) is 11.4 Å². The summed E-state index contributed by atoms with van der Waals surface area (Å²) < 4.78 is 7.90. The number of ether oxygens (including phenoxy) is 1. The number of methoxy groups -OCH3 is 1. The Morgan fingerprint density at radius 2 is 1.93 bits per heavy atom. The number of aromatic nitrogens is 3. The van der Waals surface area contributed by atoms with Gasteiger partial charge in [-0.25, -0.2) is 4.68 Å². The second-order valence-electron chi connectivity index (χ2n) is 6.86. The van der Waals surface area contributed by atoms with Crippen LogP contribution in [0.2, 0.25) is 5.02 Å². The van der Waals surface area contributed by atoms with Crippen molar-refractivity contribution < 1.29 is 9.64 Å². The average molecular weight is 417 g/mol. The molecule has 0 saturated carbocycles. The lowest BCUT2D eigenvalue weighted by molar-refractivity contribution is -0.924. The van der Waals surface area contributed by atoms with E-state index in [-0.39, 0.29) is 0 Å². The molecule has 8 heteroatoms. The van der Waals surface area contributed by atoms with E-state index in [4.69, 9.17) is 28.6 Å². The highest BCUT2D eigenvalue weighted by molar-refractivity contribution is 7.71. The Labute approximate surface area is 174 Å². The molecule has 0 bridgehead atoms. The third kappa shape index (κ3) is 4.06. The molecule has 1 fully saturated rings. The molecule has 1 saturated heterocycles. The lowest BCUT2D eigenvalue weighted by Crippen LogP contribution is -3.14. The first kappa shape index (κ1) is 19.0. The molecule has 6 nitrogen and oxygen atoms in total. The van der Waals surface area contributed by atoms with Crippen LogP contribution in [-0.2, 0) is 6.67 Å². The molecule has 146 valence electrons. The average Bonchev–Trinajstić information content (AvgIpc) is 3.09. The van der Waals surface area contributed by atoms with Crippen molar-refractivity contribution in [1.82, 2.24) is 14.8 Å². The molecule has 4 rings (SSSR count). The van der Waals surface area contributed by atoms with E-state index < -0.39 is 0 Å². The Hall–Kier alpha value is -2.35. The summed E-state index contributed by atoms with van der Waals surface area (Å²) in [4.78, 5) is 8.42. The standard InChI is InChI=1S/C20H22ClN5OS/c1-27-18-8-7-15(21)13-17(18)19-22-20(28)26(23-19)14-24-9-11-25(12-10-24)16-5-3-2-4-6-16/h2-8,13H,9-12,14H2,1H3,(H,22,23,28)/p+1. The summed E-state index contributed by atoms with van der Waals surface area (Å²) in [6, 6.07) is 16.0. The van der Waals surface area contributed by atoms with Gasteiger partial charge in [0.1, 0.15) is 5.75 Å². The van der Waals surface area contributed by atoms with E-state index in [0.29, 0.717) is 21.4 Å². The Morgan fingerprint density at radius 3 is 2.64 bits per heavy atom. The minimum atomic E-state index is 0.537. The van der Waals surface area contributed by atoms with Gasteiger partial charge in [-0.3, -0.25) is 5.10 Å². The number of benzene rings is 2. The Bertz CT molecular complexity index is 995. The molecule has 1 aliphatic rings. The fourth-order valence-corrected chi connectivity index (χ4v) is 3.92. The number of aromatic amines is 1. The molecule has 0 radical (unpaired) electrons. The predicted molar refractivity (Wildman–Crippen MR) is 114 cm³/mol. The van der Waals surface area contributed by atoms with E-state index >= 15 is 0 Å². The third-order valence-corrected chi connectivity index (χ3v) is 5.62. The van der Waals surface area contributed by atoms with Gasteiger partial charge in [-0.15, -0.1) is 0 Å². The summed E-state index contributed by atoms with van der Waals surface area (Å²) in [5, 5.41) is 3.95. The van der Waals surface area contributed by atoms with Crippen LogP contribution >= 0.6 is 23.8 Å². The van der Waals surface area contributed by atoms with Crippen molar-refractivity contribution in [3.63, 3.8) is 0 Å². The van der Waals surface area contributed by atoms with Gasteiger partial charge in [-0.05, 0) is 42.5 Å². The predicted octanol–water partition coefficient (Wildman–Crippen LogP) is 2.63. The maximum absolute atomic E-state index is 6.15. The van der Waals surface area contributed by atoms with Gasteiger partial charge >= 0.3 is 0 Å². The number of hydrogen-bond acceptors (Lipinski definition) is 4. The number of rotatable bonds is 5. The second kappa shape index (κ2) is 8.34. The molecular formula is C20H23ClN5OS+. The molecular weight excluding hydrogens is 394 g/mol. The number of anilines is 1. The Kier molecular flexibility index (Phi) is 5.66. The quantitative estimate of drug-likeness (QED) is 0.628. The molecule has 1 aromatic heterocycles. The van der Waals surface area contributed by atoms with Crippen LogP contribution in [0.4, 0.5) is 5.69 Å². The summed E-state index contributed by atoms with van der Waals surface area (Å²) >= 11 is 11.6. The molecule has 0 spiro atoms. The maximum atomic E-state index is 6.15. The number of quaternary nitrogens is 1. The van der Waals surface area contributed by atoms with Crippen molar-refractivity contribution in [2.45, 2.75) is 6.67 Å². The van der Waals surface area contributed by atoms with E-state index in [1.807, 2.05) is 16.8 Å². The molecule has 0 unspecified atom stereocenters. The molecule has 0 amide bonds. The van der Waals surface area contributed by atoms with Crippen LogP contribution in [0, 0.1) is 4.77 Å². The first-order valence-corrected chi connectivity index (χ1v) is 10.1. The molecule has 3 aromatic rings. The largest absolute Gasteiger partial charge is 0.496 e. The molecule has 1 aliphatic heterocycles. The minimum Gasteiger partial charge on any atom is -0.496 e. The third-order valence-electron chi connectivity index (χ3n) is 5.07. The number of hydrogen-bond donors (Lipinski definition) is 2. The van der Waals surface area contributed by atoms with Gasteiger partial charge in [0.25, 0.3) is 0 Å². The van der Waals surface area contributed by atoms with E-state index in [1.54, 1.807) is 13.2 Å². The van der Waals surface area contributed by atoms with Crippen LogP contribution in [0.5, 0.6) is 5.75 Å². The number of nitrogens with zero attached hydrogens (tertiary/aromatic N) is 3. The van der Waals surface area contributed by atoms with Crippen molar-refractivity contribution in [3.8, 4) is 17.1 Å². The molecule has 2 heterocycles. The van der Waals surface area contributed by atoms with Gasteiger partial charge in [0, 0.05) is 10.7 Å². The van der Waals surface area contributed by atoms with Crippen LogP contribution in [-0.4, -0.2) is 48.1 Å². The zero-order valence-corrected chi connectivity index (χ0v) is 17.3. The number of nitrogens with one attached hydrogen (secondary N) is 2. The number of para-hydroxylation sites is 1. The topological polar surface area (TPSA) is 50.5 Å². The number of halogens is 1. The molecule has 28 heavy (non-hydrogen) atoms. The lowest BCUT2D eigenvalue weighted by atomic mass is 10.2. The van der Waals surface area contributed by atoms with Crippen LogP contribution < -0.4 is 14.5 Å². The molecule has 2 N–H and O–H groups in total. The summed E-state index contributed by atoms with van der Waals surface area (Å²) in [6.45, 7) is 4.90. The smallest absolute Gasteiger partial charge is 0.221 e. The zero-order chi connectivity index (χ0) is 19.5. The maximum Gasteiger partial charge on any atom is 0.221 e. The van der Waals surface area contributed by atoms with E-state index in [2.05, 4.69) is 45.3 Å². The molecule has 0 aliphatic carbocycles. The van der Waals surface area contributed by atoms with Gasteiger partial charge in [-0.1, -0.05) is 29.8 Å². The zero-order valence-electron chi connectivity index (χ0n) is 15.7. The van der Waals surface area contributed by atoms with Crippen molar-refractivity contribution in [3.05, 3.63) is 58.3 Å². The van der Waals surface area contributed by atoms with Gasteiger partial charge in [0.05, 0.1) is 38.9 Å². The highest BCUT2D eigenvalue weighted by Crippen LogP contribution is 2.30. The lowest BCUT2D eigenvalue weighted by Gasteiger charge is -2.33. The first-order valence-electron chi connectivity index (χ1n) is 9.28. The summed E-state index contributed by atoms with van der Waals surface area (Å²) in [5.41, 5.74) is 2.10. The number of piperazine rings is 1. The van der Waals surface area contributed by atoms with Crippen molar-refractivity contribution in [2.24, 2.45) is 0 Å². The van der Waals surface area contributed by atoms with Crippen molar-refractivity contribution in [2.75, 3.05) is 38.2 Å². The Balaban J connectivity index is 1.46. The second-order valence-corrected chi connectivity index (χ2v) is 7.66. The minimum absolute atomic E-state index is 0.537. The fourth-order valence-electron chi connectivity index (χ4n) is 3.55. The molecule has 2 aromatic carbocycles. The number of H-pyrrole nitrogens is 1. The van der Waals surface area contributed by atoms with Gasteiger partial charge < -0.3 is 14.5 Å². The van der Waals surface area contributed by atoms with Gasteiger partial charge in [-0.2, -0.15) is 4.98 Å². The Morgan fingerprint density at radius 1 is 1.18 bits per heavy atom. The first-order chi connectivity index (χ1) is 13.6. The fraction of sp³-hybridized carbons (Fsp3) is 0.300. The summed E-state index contributed by atoms with van der Waals surface area (Å²) in [7, 11) is 1.63. The van der Waals surface area contributed by atoms with Gasteiger partial charge in [0.15, 0.2) is 12.5 Å². The van der Waals surface area contributed by atoms with Crippen LogP contribution in [0.1, 0.15) is 0 Å². The van der Waals surface area contributed by atoms with Crippen LogP contribution in [0.3, 0.4) is 0 Å². The SMILES string of the molecule is COc1ccc(Cl)cc1-c1nc(=S)n(C[NH+]2CCN(c3ccccc3)CC2)[nH]1. The van der Waals surface area contributed by atoms with Crippen molar-refractivity contribution >= 4 is 29.5 Å². The monoisotopic (exact) mass is 416 g/mol. The van der Waals surface area contributed by atoms with Crippen molar-refractivity contribution in [1.29, 1.82) is 0 Å². The van der Waals surface area contributed by atoms with E-state index in [1.165, 1.54) is 10.6 Å². The summed E-state index contributed by atoms with van der Waals surface area (Å²) in [6.07, 6.45) is 0. The summed E-state index contributed by atoms with van der Waals surface area (Å²) in [5.74, 6) is 1.38. The van der Waals surface area contributed by atoms with E-state index in [0.717, 1.165) is 38.4 Å². The highest BCUT2D eigenvalue weighted by Gasteiger charge is 2.21.